The molecule has 0 aliphatic heterocycles. The van der Waals surface area contributed by atoms with E-state index in [0.717, 1.165) is 48.9 Å². The van der Waals surface area contributed by atoms with Gasteiger partial charge in [0.2, 0.25) is 11.8 Å². The van der Waals surface area contributed by atoms with Crippen LogP contribution < -0.4 is 5.32 Å². The van der Waals surface area contributed by atoms with Crippen LogP contribution in [0.1, 0.15) is 195 Å². The van der Waals surface area contributed by atoms with E-state index >= 15 is 0 Å². The van der Waals surface area contributed by atoms with Gasteiger partial charge in [-0.3, -0.25) is 9.59 Å². The maximum Gasteiger partial charge on any atom is 0.222 e. The van der Waals surface area contributed by atoms with Gasteiger partial charge in [-0.2, -0.15) is 0 Å². The zero-order valence-corrected chi connectivity index (χ0v) is 33.2. The van der Waals surface area contributed by atoms with Gasteiger partial charge < -0.3 is 10.2 Å². The van der Waals surface area contributed by atoms with E-state index in [0.29, 0.717) is 42.7 Å². The first kappa shape index (κ1) is 40.5. The number of unbranched alkanes of at least 4 members (excludes halogenated alkanes) is 11. The number of likely N-dealkylation sites (N-methyl/N-ethyl adjacent to an activating group) is 1. The highest BCUT2D eigenvalue weighted by molar-refractivity contribution is 5.77. The Morgan fingerprint density at radius 3 is 2.16 bits per heavy atom. The molecule has 0 aromatic carbocycles. The molecule has 4 nitrogen and oxygen atoms in total. The molecule has 49 heavy (non-hydrogen) atoms. The number of nitrogens with one attached hydrogen (secondary N) is 1. The van der Waals surface area contributed by atoms with Gasteiger partial charge in [-0.05, 0) is 136 Å². The van der Waals surface area contributed by atoms with Crippen LogP contribution >= 0.6 is 0 Å². The van der Waals surface area contributed by atoms with Gasteiger partial charge >= 0.3 is 0 Å². The molecule has 0 bridgehead atoms. The average molecular weight is 681 g/mol. The third-order valence-electron chi connectivity index (χ3n) is 15.0. The van der Waals surface area contributed by atoms with Crippen LogP contribution in [-0.2, 0) is 9.59 Å². The van der Waals surface area contributed by atoms with E-state index in [4.69, 9.17) is 0 Å². The molecular formula is C45H80N2O2. The first-order valence-electron chi connectivity index (χ1n) is 21.9. The second kappa shape index (κ2) is 20.7. The molecule has 0 aromatic heterocycles. The standard InChI is InChI=1S/C45H80N2O2/c1-6-7-8-9-10-11-12-13-14-15-16-17-18-19-20-24-43(49)47(5)35-34-46-42(48)30-25-36(2)39-28-29-40-38-27-26-37-23-21-22-32-44(37,3)41(38)31-33-45(39,40)4/h13-14,36-41H,6-12,15-35H2,1-5H3,(H,46,48)/b14-13-. The minimum Gasteiger partial charge on any atom is -0.354 e. The number of rotatable bonds is 22. The Morgan fingerprint density at radius 2 is 1.43 bits per heavy atom. The quantitative estimate of drug-likeness (QED) is 0.0914. The summed E-state index contributed by atoms with van der Waals surface area (Å²) in [5.41, 5.74) is 1.09. The highest BCUT2D eigenvalue weighted by Gasteiger charge is 2.60. The van der Waals surface area contributed by atoms with Crippen LogP contribution in [0.15, 0.2) is 12.2 Å². The Kier molecular flexibility index (Phi) is 17.0. The van der Waals surface area contributed by atoms with Crippen LogP contribution in [0, 0.1) is 46.3 Å². The van der Waals surface area contributed by atoms with Gasteiger partial charge in [-0.1, -0.05) is 104 Å². The van der Waals surface area contributed by atoms with Crippen molar-refractivity contribution in [3.63, 3.8) is 0 Å². The lowest BCUT2D eigenvalue weighted by Gasteiger charge is -2.61. The fourth-order valence-electron chi connectivity index (χ4n) is 11.9. The van der Waals surface area contributed by atoms with E-state index in [2.05, 4.69) is 45.2 Å². The number of carbonyl (C=O) groups excluding carboxylic acids is 2. The Hall–Kier alpha value is -1.32. The van der Waals surface area contributed by atoms with E-state index in [9.17, 15) is 9.59 Å². The second-order valence-corrected chi connectivity index (χ2v) is 18.1. The maximum absolute atomic E-state index is 12.8. The van der Waals surface area contributed by atoms with Crippen LogP contribution in [0.5, 0.6) is 0 Å². The molecule has 282 valence electrons. The van der Waals surface area contributed by atoms with Crippen molar-refractivity contribution in [2.75, 3.05) is 20.1 Å². The predicted molar refractivity (Wildman–Crippen MR) is 208 cm³/mol. The summed E-state index contributed by atoms with van der Waals surface area (Å²) in [7, 11) is 1.89. The molecule has 0 heterocycles. The van der Waals surface area contributed by atoms with Gasteiger partial charge in [0.1, 0.15) is 0 Å². The fourth-order valence-corrected chi connectivity index (χ4v) is 11.9. The zero-order chi connectivity index (χ0) is 35.1. The van der Waals surface area contributed by atoms with E-state index in [1.165, 1.54) is 135 Å². The molecule has 0 radical (unpaired) electrons. The Bertz CT molecular complexity index is 1010. The van der Waals surface area contributed by atoms with Crippen molar-refractivity contribution in [2.45, 2.75) is 195 Å². The zero-order valence-electron chi connectivity index (χ0n) is 33.2. The number of fused-ring (bicyclic) bond motifs is 5. The third-order valence-corrected chi connectivity index (χ3v) is 15.0. The van der Waals surface area contributed by atoms with E-state index < -0.39 is 0 Å². The van der Waals surface area contributed by atoms with Crippen LogP contribution in [0.3, 0.4) is 0 Å². The highest BCUT2D eigenvalue weighted by Crippen LogP contribution is 2.68. The molecule has 8 unspecified atom stereocenters. The van der Waals surface area contributed by atoms with Crippen molar-refractivity contribution in [2.24, 2.45) is 46.3 Å². The third kappa shape index (κ3) is 11.3. The Labute approximate surface area is 304 Å². The molecule has 0 aromatic rings. The monoisotopic (exact) mass is 681 g/mol. The lowest BCUT2D eigenvalue weighted by molar-refractivity contribution is -0.130. The summed E-state index contributed by atoms with van der Waals surface area (Å²) in [4.78, 5) is 27.3. The van der Waals surface area contributed by atoms with Crippen molar-refractivity contribution in [3.05, 3.63) is 12.2 Å². The molecule has 8 atom stereocenters. The average Bonchev–Trinajstić information content (AvgIpc) is 3.45. The summed E-state index contributed by atoms with van der Waals surface area (Å²) in [6.45, 7) is 11.2. The Morgan fingerprint density at radius 1 is 0.755 bits per heavy atom. The maximum atomic E-state index is 12.8. The normalized spacial score (nSPS) is 31.6. The van der Waals surface area contributed by atoms with Gasteiger partial charge in [0, 0.05) is 33.0 Å². The van der Waals surface area contributed by atoms with Crippen molar-refractivity contribution in [1.82, 2.24) is 10.2 Å². The number of amides is 2. The number of nitrogens with zero attached hydrogens (tertiary/aromatic N) is 1. The lowest BCUT2D eigenvalue weighted by atomic mass is 9.44. The van der Waals surface area contributed by atoms with Crippen molar-refractivity contribution in [3.8, 4) is 0 Å². The van der Waals surface area contributed by atoms with Crippen LogP contribution in [-0.4, -0.2) is 36.9 Å². The fraction of sp³-hybridized carbons (Fsp3) is 0.911. The van der Waals surface area contributed by atoms with Crippen LogP contribution in [0.25, 0.3) is 0 Å². The molecule has 2 amide bonds. The summed E-state index contributed by atoms with van der Waals surface area (Å²) < 4.78 is 0. The Balaban J connectivity index is 1.02. The summed E-state index contributed by atoms with van der Waals surface area (Å²) in [6.07, 6.45) is 38.1. The molecule has 4 aliphatic rings. The number of allylic oxidation sites excluding steroid dienone is 2. The first-order valence-corrected chi connectivity index (χ1v) is 21.9. The van der Waals surface area contributed by atoms with Crippen molar-refractivity contribution in [1.29, 1.82) is 0 Å². The lowest BCUT2D eigenvalue weighted by Crippen LogP contribution is -2.53. The molecular weight excluding hydrogens is 601 g/mol. The number of hydrogen-bond acceptors (Lipinski definition) is 2. The van der Waals surface area contributed by atoms with Gasteiger partial charge in [-0.15, -0.1) is 0 Å². The topological polar surface area (TPSA) is 49.4 Å². The van der Waals surface area contributed by atoms with Crippen molar-refractivity contribution >= 4 is 11.8 Å². The molecule has 0 spiro atoms. The molecule has 1 N–H and O–H groups in total. The summed E-state index contributed by atoms with van der Waals surface area (Å²) >= 11 is 0. The first-order chi connectivity index (χ1) is 23.7. The van der Waals surface area contributed by atoms with Gasteiger partial charge in [0.05, 0.1) is 0 Å². The number of hydrogen-bond donors (Lipinski definition) is 1. The SMILES string of the molecule is CCCCCCCC/C=C\CCCCCCCC(=O)N(C)CCNC(=O)CCC(C)C1CCC2C3CCC4CCCCC4(C)C3CCC12C. The minimum absolute atomic E-state index is 0.164. The second-order valence-electron chi connectivity index (χ2n) is 18.1. The molecule has 4 aliphatic carbocycles. The van der Waals surface area contributed by atoms with Gasteiger partial charge in [-0.25, -0.2) is 0 Å². The van der Waals surface area contributed by atoms with E-state index in [-0.39, 0.29) is 11.8 Å². The molecule has 4 rings (SSSR count). The van der Waals surface area contributed by atoms with Crippen LogP contribution in [0.4, 0.5) is 0 Å². The summed E-state index contributed by atoms with van der Waals surface area (Å²) in [5, 5.41) is 3.13. The van der Waals surface area contributed by atoms with Gasteiger partial charge in [0.25, 0.3) is 0 Å². The smallest absolute Gasteiger partial charge is 0.222 e. The predicted octanol–water partition coefficient (Wildman–Crippen LogP) is 12.1. The van der Waals surface area contributed by atoms with E-state index in [1.54, 1.807) is 0 Å². The molecule has 4 saturated carbocycles. The minimum atomic E-state index is 0.164. The summed E-state index contributed by atoms with van der Waals surface area (Å²) in [5.74, 6) is 5.58. The van der Waals surface area contributed by atoms with Gasteiger partial charge in [0.15, 0.2) is 0 Å². The summed E-state index contributed by atoms with van der Waals surface area (Å²) in [6, 6.07) is 0. The molecule has 4 heteroatoms. The largest absolute Gasteiger partial charge is 0.354 e. The molecule has 4 fully saturated rings. The van der Waals surface area contributed by atoms with Crippen molar-refractivity contribution < 1.29 is 9.59 Å². The van der Waals surface area contributed by atoms with E-state index in [1.807, 2.05) is 11.9 Å². The number of carbonyl (C=O) groups is 2. The highest BCUT2D eigenvalue weighted by atomic mass is 16.2. The molecule has 0 saturated heterocycles. The van der Waals surface area contributed by atoms with Crippen LogP contribution in [0.2, 0.25) is 0 Å².